The lowest BCUT2D eigenvalue weighted by atomic mass is 10.0. The summed E-state index contributed by atoms with van der Waals surface area (Å²) in [6.07, 6.45) is 2.19. The normalized spacial score (nSPS) is 30.8. The first kappa shape index (κ1) is 9.95. The van der Waals surface area contributed by atoms with E-state index in [0.29, 0.717) is 19.4 Å². The van der Waals surface area contributed by atoms with Gasteiger partial charge in [-0.25, -0.2) is 8.42 Å². The largest absolute Gasteiger partial charge is 0.388 e. The second kappa shape index (κ2) is 3.32. The highest BCUT2D eigenvalue weighted by atomic mass is 32.2. The van der Waals surface area contributed by atoms with Crippen LogP contribution >= 0.6 is 0 Å². The van der Waals surface area contributed by atoms with Crippen molar-refractivity contribution >= 4 is 9.84 Å². The molecule has 72 valence electrons. The molecular weight excluding hydrogens is 178 g/mol. The molecule has 0 saturated carbocycles. The van der Waals surface area contributed by atoms with Gasteiger partial charge >= 0.3 is 0 Å². The molecule has 1 unspecified atom stereocenters. The Bertz CT molecular complexity index is 241. The monoisotopic (exact) mass is 193 g/mol. The summed E-state index contributed by atoms with van der Waals surface area (Å²) >= 11 is 0. The summed E-state index contributed by atoms with van der Waals surface area (Å²) in [6, 6.07) is 0. The molecule has 1 rings (SSSR count). The molecule has 0 aromatic heterocycles. The number of nitrogens with one attached hydrogen (secondary N) is 1. The molecule has 12 heavy (non-hydrogen) atoms. The van der Waals surface area contributed by atoms with Crippen molar-refractivity contribution in [3.05, 3.63) is 0 Å². The molecule has 0 aromatic carbocycles. The van der Waals surface area contributed by atoms with Gasteiger partial charge in [0.2, 0.25) is 0 Å². The molecule has 1 saturated heterocycles. The van der Waals surface area contributed by atoms with E-state index >= 15 is 0 Å². The van der Waals surface area contributed by atoms with E-state index < -0.39 is 15.4 Å². The van der Waals surface area contributed by atoms with Crippen molar-refractivity contribution in [1.29, 1.82) is 0 Å². The summed E-state index contributed by atoms with van der Waals surface area (Å²) in [4.78, 5) is 0. The number of hydrogen-bond acceptors (Lipinski definition) is 4. The highest BCUT2D eigenvalue weighted by Gasteiger charge is 2.31. The standard InChI is InChI=1S/C7H15NO3S/c1-12(10,11)5-3-7(9)2-4-8-6-7/h8-9H,2-6H2,1H3. The van der Waals surface area contributed by atoms with Gasteiger partial charge in [-0.15, -0.1) is 0 Å². The van der Waals surface area contributed by atoms with Crippen LogP contribution in [0.1, 0.15) is 12.8 Å². The predicted molar refractivity (Wildman–Crippen MR) is 46.8 cm³/mol. The summed E-state index contributed by atoms with van der Waals surface area (Å²) in [5.74, 6) is 0.0746. The van der Waals surface area contributed by atoms with E-state index in [-0.39, 0.29) is 5.75 Å². The van der Waals surface area contributed by atoms with Gasteiger partial charge < -0.3 is 10.4 Å². The van der Waals surface area contributed by atoms with Crippen molar-refractivity contribution in [1.82, 2.24) is 5.32 Å². The Morgan fingerprint density at radius 1 is 1.58 bits per heavy atom. The van der Waals surface area contributed by atoms with Crippen molar-refractivity contribution in [2.24, 2.45) is 0 Å². The Kier molecular flexibility index (Phi) is 2.75. The second-order valence-corrected chi connectivity index (χ2v) is 5.79. The predicted octanol–water partition coefficient (Wildman–Crippen LogP) is -0.854. The molecule has 1 heterocycles. The van der Waals surface area contributed by atoms with Crippen LogP contribution in [-0.4, -0.2) is 44.2 Å². The van der Waals surface area contributed by atoms with Crippen LogP contribution in [0.15, 0.2) is 0 Å². The number of rotatable bonds is 3. The molecule has 0 amide bonds. The number of hydrogen-bond donors (Lipinski definition) is 2. The van der Waals surface area contributed by atoms with Crippen LogP contribution in [0.2, 0.25) is 0 Å². The molecule has 1 fully saturated rings. The topological polar surface area (TPSA) is 66.4 Å². The molecule has 0 radical (unpaired) electrons. The van der Waals surface area contributed by atoms with Gasteiger partial charge in [-0.05, 0) is 19.4 Å². The third-order valence-electron chi connectivity index (χ3n) is 2.16. The van der Waals surface area contributed by atoms with Gasteiger partial charge in [-0.3, -0.25) is 0 Å². The van der Waals surface area contributed by atoms with E-state index in [1.165, 1.54) is 6.26 Å². The van der Waals surface area contributed by atoms with Crippen LogP contribution in [0.4, 0.5) is 0 Å². The molecule has 1 aliphatic rings. The summed E-state index contributed by atoms with van der Waals surface area (Å²) in [5.41, 5.74) is -0.789. The molecule has 0 aromatic rings. The van der Waals surface area contributed by atoms with Crippen LogP contribution in [-0.2, 0) is 9.84 Å². The van der Waals surface area contributed by atoms with E-state index in [9.17, 15) is 13.5 Å². The van der Waals surface area contributed by atoms with E-state index in [2.05, 4.69) is 5.32 Å². The zero-order chi connectivity index (χ0) is 9.24. The molecule has 4 nitrogen and oxygen atoms in total. The lowest BCUT2D eigenvalue weighted by molar-refractivity contribution is 0.0583. The molecule has 2 N–H and O–H groups in total. The van der Waals surface area contributed by atoms with Gasteiger partial charge in [0.1, 0.15) is 9.84 Å². The average molecular weight is 193 g/mol. The van der Waals surface area contributed by atoms with Crippen LogP contribution < -0.4 is 5.32 Å². The van der Waals surface area contributed by atoms with E-state index in [1.807, 2.05) is 0 Å². The lowest BCUT2D eigenvalue weighted by Crippen LogP contribution is -2.33. The molecule has 0 aliphatic carbocycles. The van der Waals surface area contributed by atoms with Crippen LogP contribution in [0.5, 0.6) is 0 Å². The first-order chi connectivity index (χ1) is 5.41. The van der Waals surface area contributed by atoms with Crippen molar-refractivity contribution in [3.8, 4) is 0 Å². The Morgan fingerprint density at radius 2 is 2.25 bits per heavy atom. The molecule has 0 bridgehead atoms. The Labute approximate surface area is 72.9 Å². The van der Waals surface area contributed by atoms with Crippen molar-refractivity contribution in [3.63, 3.8) is 0 Å². The summed E-state index contributed by atoms with van der Waals surface area (Å²) in [7, 11) is -2.94. The minimum atomic E-state index is -2.94. The van der Waals surface area contributed by atoms with Crippen LogP contribution in [0.25, 0.3) is 0 Å². The fourth-order valence-corrected chi connectivity index (χ4v) is 2.07. The quantitative estimate of drug-likeness (QED) is 0.612. The number of sulfone groups is 1. The zero-order valence-electron chi connectivity index (χ0n) is 7.21. The first-order valence-corrected chi connectivity index (χ1v) is 6.08. The average Bonchev–Trinajstić information content (AvgIpc) is 2.32. The third kappa shape index (κ3) is 3.08. The molecular formula is C7H15NO3S. The van der Waals surface area contributed by atoms with E-state index in [4.69, 9.17) is 0 Å². The minimum Gasteiger partial charge on any atom is -0.388 e. The van der Waals surface area contributed by atoms with Crippen molar-refractivity contribution in [2.75, 3.05) is 25.1 Å². The van der Waals surface area contributed by atoms with E-state index in [1.54, 1.807) is 0 Å². The molecule has 0 spiro atoms. The fraction of sp³-hybridized carbons (Fsp3) is 1.00. The second-order valence-electron chi connectivity index (χ2n) is 3.53. The van der Waals surface area contributed by atoms with Crippen LogP contribution in [0.3, 0.4) is 0 Å². The van der Waals surface area contributed by atoms with Gasteiger partial charge in [0.25, 0.3) is 0 Å². The van der Waals surface area contributed by atoms with Gasteiger partial charge in [0.15, 0.2) is 0 Å². The minimum absolute atomic E-state index is 0.0746. The van der Waals surface area contributed by atoms with Crippen LogP contribution in [0, 0.1) is 0 Å². The highest BCUT2D eigenvalue weighted by molar-refractivity contribution is 7.90. The van der Waals surface area contributed by atoms with Gasteiger partial charge in [0, 0.05) is 12.8 Å². The van der Waals surface area contributed by atoms with Gasteiger partial charge in [-0.1, -0.05) is 0 Å². The Balaban J connectivity index is 2.41. The maximum absolute atomic E-state index is 10.8. The summed E-state index contributed by atoms with van der Waals surface area (Å²) in [6.45, 7) is 1.29. The SMILES string of the molecule is CS(=O)(=O)CCC1(O)CCNC1. The smallest absolute Gasteiger partial charge is 0.147 e. The summed E-state index contributed by atoms with van der Waals surface area (Å²) in [5, 5.41) is 12.7. The van der Waals surface area contributed by atoms with Crippen molar-refractivity contribution < 1.29 is 13.5 Å². The maximum Gasteiger partial charge on any atom is 0.147 e. The lowest BCUT2D eigenvalue weighted by Gasteiger charge is -2.19. The maximum atomic E-state index is 10.8. The third-order valence-corrected chi connectivity index (χ3v) is 3.11. The first-order valence-electron chi connectivity index (χ1n) is 4.02. The number of β-amino-alcohol motifs (C(OH)–C–C–N with tert-alkyl or cyclic N) is 1. The van der Waals surface area contributed by atoms with Gasteiger partial charge in [-0.2, -0.15) is 0 Å². The fourth-order valence-electron chi connectivity index (χ4n) is 1.32. The van der Waals surface area contributed by atoms with E-state index in [0.717, 1.165) is 6.54 Å². The Morgan fingerprint density at radius 3 is 2.67 bits per heavy atom. The Hall–Kier alpha value is -0.130. The molecule has 1 aliphatic heterocycles. The highest BCUT2D eigenvalue weighted by Crippen LogP contribution is 2.18. The number of aliphatic hydroxyl groups is 1. The zero-order valence-corrected chi connectivity index (χ0v) is 8.02. The summed E-state index contributed by atoms with van der Waals surface area (Å²) < 4.78 is 21.6. The molecule has 1 atom stereocenters. The molecule has 5 heteroatoms. The van der Waals surface area contributed by atoms with Crippen molar-refractivity contribution in [2.45, 2.75) is 18.4 Å². The van der Waals surface area contributed by atoms with Gasteiger partial charge in [0.05, 0.1) is 11.4 Å².